The quantitative estimate of drug-likeness (QED) is 0.595. The van der Waals surface area contributed by atoms with Crippen molar-refractivity contribution in [1.29, 1.82) is 0 Å². The molecule has 0 aliphatic carbocycles. The largest absolute Gasteiger partial charge is 0.508 e. The number of ether oxygens (including phenoxy) is 2. The van der Waals surface area contributed by atoms with Gasteiger partial charge in [0.25, 0.3) is 0 Å². The lowest BCUT2D eigenvalue weighted by Gasteiger charge is -2.07. The van der Waals surface area contributed by atoms with Crippen LogP contribution in [0.25, 0.3) is 0 Å². The molecule has 98 valence electrons. The summed E-state index contributed by atoms with van der Waals surface area (Å²) in [5, 5.41) is 3.40. The number of nitrogens with one attached hydrogen (secondary N) is 1. The Morgan fingerprint density at radius 2 is 2.06 bits per heavy atom. The summed E-state index contributed by atoms with van der Waals surface area (Å²) in [6.07, 6.45) is 2.46. The van der Waals surface area contributed by atoms with E-state index in [9.17, 15) is 4.79 Å². The Morgan fingerprint density at radius 1 is 1.22 bits per heavy atom. The molecule has 1 aliphatic rings. The maximum atomic E-state index is 10.7. The van der Waals surface area contributed by atoms with E-state index in [4.69, 9.17) is 9.47 Å². The van der Waals surface area contributed by atoms with Crippen molar-refractivity contribution in [1.82, 2.24) is 5.32 Å². The van der Waals surface area contributed by atoms with Crippen molar-refractivity contribution in [3.8, 4) is 0 Å². The Morgan fingerprint density at radius 3 is 2.78 bits per heavy atom. The lowest BCUT2D eigenvalue weighted by Crippen LogP contribution is -2.16. The highest BCUT2D eigenvalue weighted by molar-refractivity contribution is 5.61. The third-order valence-electron chi connectivity index (χ3n) is 2.95. The monoisotopic (exact) mass is 249 g/mol. The molecule has 1 N–H and O–H groups in total. The summed E-state index contributed by atoms with van der Waals surface area (Å²) in [6, 6.07) is 10.3. The molecule has 18 heavy (non-hydrogen) atoms. The Kier molecular flexibility index (Phi) is 5.02. The molecule has 0 aromatic heterocycles. The number of carbonyl (C=O) groups is 1. The Labute approximate surface area is 107 Å². The summed E-state index contributed by atoms with van der Waals surface area (Å²) < 4.78 is 9.68. The van der Waals surface area contributed by atoms with Gasteiger partial charge >= 0.3 is 6.16 Å². The van der Waals surface area contributed by atoms with Gasteiger partial charge in [-0.1, -0.05) is 30.3 Å². The minimum atomic E-state index is -0.526. The summed E-state index contributed by atoms with van der Waals surface area (Å²) in [4.78, 5) is 10.7. The first kappa shape index (κ1) is 12.9. The highest BCUT2D eigenvalue weighted by Crippen LogP contribution is 2.12. The molecular formula is C14H19NO3. The van der Waals surface area contributed by atoms with Gasteiger partial charge in [0.2, 0.25) is 0 Å². The Hall–Kier alpha value is -1.55. The first-order chi connectivity index (χ1) is 8.84. The van der Waals surface area contributed by atoms with Gasteiger partial charge in [-0.25, -0.2) is 4.79 Å². The van der Waals surface area contributed by atoms with E-state index in [1.54, 1.807) is 0 Å². The van der Waals surface area contributed by atoms with Gasteiger partial charge in [0, 0.05) is 6.54 Å². The van der Waals surface area contributed by atoms with Crippen LogP contribution in [-0.4, -0.2) is 25.4 Å². The minimum absolute atomic E-state index is 0.0355. The number of cyclic esters (lactones) is 2. The first-order valence-electron chi connectivity index (χ1n) is 6.42. The topological polar surface area (TPSA) is 47.6 Å². The predicted octanol–water partition coefficient (Wildman–Crippen LogP) is 2.48. The van der Waals surface area contributed by atoms with Gasteiger partial charge in [-0.05, 0) is 31.4 Å². The van der Waals surface area contributed by atoms with E-state index in [1.165, 1.54) is 5.56 Å². The van der Waals surface area contributed by atoms with Crippen molar-refractivity contribution in [2.75, 3.05) is 13.2 Å². The van der Waals surface area contributed by atoms with Crippen LogP contribution in [0, 0.1) is 0 Å². The lowest BCUT2D eigenvalue weighted by atomic mass is 10.1. The second-order valence-corrected chi connectivity index (χ2v) is 4.46. The number of unbranched alkanes of at least 4 members (excludes halogenated alkanes) is 1. The number of carbonyl (C=O) groups excluding carboxylic acids is 1. The molecule has 1 unspecified atom stereocenters. The molecule has 4 nitrogen and oxygen atoms in total. The second-order valence-electron chi connectivity index (χ2n) is 4.46. The van der Waals surface area contributed by atoms with E-state index in [0.717, 1.165) is 32.4 Å². The summed E-state index contributed by atoms with van der Waals surface area (Å²) in [6.45, 7) is 2.30. The smallest absolute Gasteiger partial charge is 0.430 e. The van der Waals surface area contributed by atoms with Crippen molar-refractivity contribution in [3.63, 3.8) is 0 Å². The normalized spacial score (nSPS) is 18.4. The van der Waals surface area contributed by atoms with Crippen LogP contribution in [0.5, 0.6) is 0 Å². The van der Waals surface area contributed by atoms with E-state index < -0.39 is 6.16 Å². The second kappa shape index (κ2) is 7.01. The molecule has 1 aromatic rings. The van der Waals surface area contributed by atoms with Gasteiger partial charge in [-0.15, -0.1) is 0 Å². The van der Waals surface area contributed by atoms with E-state index >= 15 is 0 Å². The molecule has 1 atom stereocenters. The van der Waals surface area contributed by atoms with Crippen molar-refractivity contribution in [2.24, 2.45) is 0 Å². The molecular weight excluding hydrogens is 230 g/mol. The molecule has 0 bridgehead atoms. The third kappa shape index (κ3) is 4.37. The number of hydrogen-bond donors (Lipinski definition) is 1. The molecule has 0 spiro atoms. The molecule has 1 heterocycles. The number of rotatable bonds is 7. The molecule has 1 saturated heterocycles. The molecule has 2 rings (SSSR count). The van der Waals surface area contributed by atoms with Crippen LogP contribution in [0.4, 0.5) is 4.79 Å². The van der Waals surface area contributed by atoms with Crippen LogP contribution in [0.1, 0.15) is 24.8 Å². The van der Waals surface area contributed by atoms with Crippen LogP contribution in [0.3, 0.4) is 0 Å². The van der Waals surface area contributed by atoms with Crippen LogP contribution in [0.15, 0.2) is 30.3 Å². The molecule has 1 aliphatic heterocycles. The average molecular weight is 249 g/mol. The van der Waals surface area contributed by atoms with Crippen LogP contribution >= 0.6 is 0 Å². The van der Waals surface area contributed by atoms with Crippen molar-refractivity contribution < 1.29 is 14.3 Å². The van der Waals surface area contributed by atoms with Crippen LogP contribution < -0.4 is 5.32 Å². The van der Waals surface area contributed by atoms with E-state index in [0.29, 0.717) is 6.61 Å². The summed E-state index contributed by atoms with van der Waals surface area (Å²) in [5.41, 5.74) is 1.30. The van der Waals surface area contributed by atoms with E-state index in [-0.39, 0.29) is 6.10 Å². The molecule has 1 aromatic carbocycles. The van der Waals surface area contributed by atoms with Gasteiger partial charge in [0.05, 0.1) is 0 Å². The van der Waals surface area contributed by atoms with Gasteiger partial charge in [0.15, 0.2) is 0 Å². The lowest BCUT2D eigenvalue weighted by molar-refractivity contribution is 0.115. The fourth-order valence-electron chi connectivity index (χ4n) is 1.96. The Balaban J connectivity index is 1.48. The van der Waals surface area contributed by atoms with Crippen LogP contribution in [-0.2, 0) is 16.0 Å². The van der Waals surface area contributed by atoms with Crippen molar-refractivity contribution in [3.05, 3.63) is 35.9 Å². The molecule has 4 heteroatoms. The standard InChI is InChI=1S/C14H19NO3/c16-14-17-11-13(18-14)8-4-5-9-15-10-12-6-2-1-3-7-12/h1-3,6-7,13,15H,4-5,8-11H2. The van der Waals surface area contributed by atoms with Crippen LogP contribution in [0.2, 0.25) is 0 Å². The highest BCUT2D eigenvalue weighted by Gasteiger charge is 2.23. The minimum Gasteiger partial charge on any atom is -0.430 e. The fraction of sp³-hybridized carbons (Fsp3) is 0.500. The van der Waals surface area contributed by atoms with E-state index in [1.807, 2.05) is 18.2 Å². The number of hydrogen-bond acceptors (Lipinski definition) is 4. The highest BCUT2D eigenvalue weighted by atomic mass is 16.8. The summed E-state index contributed by atoms with van der Waals surface area (Å²) in [7, 11) is 0. The SMILES string of the molecule is O=C1OCC(CCCCNCc2ccccc2)O1. The van der Waals surface area contributed by atoms with Gasteiger partial charge in [-0.2, -0.15) is 0 Å². The zero-order valence-corrected chi connectivity index (χ0v) is 10.4. The maximum Gasteiger partial charge on any atom is 0.508 e. The zero-order valence-electron chi connectivity index (χ0n) is 10.4. The third-order valence-corrected chi connectivity index (χ3v) is 2.95. The van der Waals surface area contributed by atoms with Gasteiger partial charge < -0.3 is 14.8 Å². The predicted molar refractivity (Wildman–Crippen MR) is 68.2 cm³/mol. The molecule has 1 fully saturated rings. The van der Waals surface area contributed by atoms with Crippen molar-refractivity contribution >= 4 is 6.16 Å². The fourth-order valence-corrected chi connectivity index (χ4v) is 1.96. The molecule has 0 radical (unpaired) electrons. The first-order valence-corrected chi connectivity index (χ1v) is 6.42. The summed E-state index contributed by atoms with van der Waals surface area (Å²) >= 11 is 0. The maximum absolute atomic E-state index is 10.7. The van der Waals surface area contributed by atoms with Gasteiger partial charge in [-0.3, -0.25) is 0 Å². The summed E-state index contributed by atoms with van der Waals surface area (Å²) in [5.74, 6) is 0. The molecule has 0 amide bonds. The van der Waals surface area contributed by atoms with Gasteiger partial charge in [0.1, 0.15) is 12.7 Å². The van der Waals surface area contributed by atoms with E-state index in [2.05, 4.69) is 17.4 Å². The Bertz CT molecular complexity index is 367. The molecule has 0 saturated carbocycles. The average Bonchev–Trinajstić information content (AvgIpc) is 2.81. The zero-order chi connectivity index (χ0) is 12.6. The number of benzene rings is 1. The van der Waals surface area contributed by atoms with Crippen molar-refractivity contribution in [2.45, 2.75) is 31.9 Å².